The summed E-state index contributed by atoms with van der Waals surface area (Å²) < 4.78 is 14.4. The fraction of sp³-hybridized carbons (Fsp3) is 0. The molecule has 0 fully saturated rings. The summed E-state index contributed by atoms with van der Waals surface area (Å²) in [6.45, 7) is 0. The van der Waals surface area contributed by atoms with Crippen molar-refractivity contribution in [2.75, 3.05) is 0 Å². The van der Waals surface area contributed by atoms with E-state index in [0.29, 0.717) is 10.6 Å². The lowest BCUT2D eigenvalue weighted by molar-refractivity contribution is -0.131. The van der Waals surface area contributed by atoms with Crippen LogP contribution in [0.2, 0.25) is 10.0 Å². The summed E-state index contributed by atoms with van der Waals surface area (Å²) in [6.07, 6.45) is 2.07. The van der Waals surface area contributed by atoms with Gasteiger partial charge < -0.3 is 5.11 Å². The summed E-state index contributed by atoms with van der Waals surface area (Å²) in [5.41, 5.74) is 0.897. The molecule has 102 valence electrons. The van der Waals surface area contributed by atoms with Crippen molar-refractivity contribution in [1.29, 1.82) is 0 Å². The molecular formula is C15H9Cl2FO2. The predicted molar refractivity (Wildman–Crippen MR) is 78.5 cm³/mol. The molecule has 2 rings (SSSR count). The van der Waals surface area contributed by atoms with Gasteiger partial charge in [-0.05, 0) is 12.1 Å². The Hall–Kier alpha value is -1.84. The summed E-state index contributed by atoms with van der Waals surface area (Å²) in [5, 5.41) is 9.17. The first-order chi connectivity index (χ1) is 9.50. The molecule has 0 heterocycles. The van der Waals surface area contributed by atoms with Crippen molar-refractivity contribution in [3.63, 3.8) is 0 Å². The van der Waals surface area contributed by atoms with Crippen molar-refractivity contribution < 1.29 is 14.3 Å². The Balaban J connectivity index is 2.56. The molecule has 20 heavy (non-hydrogen) atoms. The number of carboxylic acid groups (broad SMARTS) is 1. The molecule has 0 saturated heterocycles. The second-order valence-corrected chi connectivity index (χ2v) is 4.77. The van der Waals surface area contributed by atoms with E-state index >= 15 is 0 Å². The maximum atomic E-state index is 14.4. The molecule has 0 aliphatic carbocycles. The molecule has 0 aromatic heterocycles. The van der Waals surface area contributed by atoms with Gasteiger partial charge in [0.2, 0.25) is 0 Å². The summed E-state index contributed by atoms with van der Waals surface area (Å²) in [7, 11) is 0. The van der Waals surface area contributed by atoms with Gasteiger partial charge in [-0.3, -0.25) is 0 Å². The fourth-order valence-electron chi connectivity index (χ4n) is 1.76. The molecule has 0 unspecified atom stereocenters. The second-order valence-electron chi connectivity index (χ2n) is 3.98. The van der Waals surface area contributed by atoms with Gasteiger partial charge >= 0.3 is 5.97 Å². The average molecular weight is 311 g/mol. The summed E-state index contributed by atoms with van der Waals surface area (Å²) >= 11 is 12.0. The van der Waals surface area contributed by atoms with Crippen molar-refractivity contribution in [2.45, 2.75) is 0 Å². The van der Waals surface area contributed by atoms with Crippen LogP contribution in [0.25, 0.3) is 17.2 Å². The van der Waals surface area contributed by atoms with E-state index in [2.05, 4.69) is 0 Å². The Kier molecular flexibility index (Phi) is 4.42. The van der Waals surface area contributed by atoms with Crippen LogP contribution in [0.5, 0.6) is 0 Å². The van der Waals surface area contributed by atoms with Crippen molar-refractivity contribution in [2.24, 2.45) is 0 Å². The topological polar surface area (TPSA) is 37.3 Å². The molecule has 0 atom stereocenters. The Morgan fingerprint density at radius 2 is 1.75 bits per heavy atom. The highest BCUT2D eigenvalue weighted by Crippen LogP contribution is 2.35. The number of halogens is 3. The van der Waals surface area contributed by atoms with Crippen LogP contribution in [-0.4, -0.2) is 11.1 Å². The number of carboxylic acids is 1. The van der Waals surface area contributed by atoms with Crippen LogP contribution in [0.4, 0.5) is 4.39 Å². The molecule has 0 aliphatic heterocycles. The third kappa shape index (κ3) is 3.00. The standard InChI is InChI=1S/C15H9Cl2FO2/c16-12-6-2-4-10(14(12)17)11-5-1-3-9(15(11)18)7-8-13(19)20/h1-8H,(H,19,20)/b8-7+. The molecule has 5 heteroatoms. The Morgan fingerprint density at radius 3 is 2.45 bits per heavy atom. The molecule has 0 spiro atoms. The summed E-state index contributed by atoms with van der Waals surface area (Å²) in [6, 6.07) is 9.60. The minimum absolute atomic E-state index is 0.168. The van der Waals surface area contributed by atoms with E-state index in [1.165, 1.54) is 12.1 Å². The van der Waals surface area contributed by atoms with Crippen molar-refractivity contribution in [3.8, 4) is 11.1 Å². The van der Waals surface area contributed by atoms with Crippen LogP contribution in [0, 0.1) is 5.82 Å². The normalized spacial score (nSPS) is 10.9. The first-order valence-electron chi connectivity index (χ1n) is 5.64. The predicted octanol–water partition coefficient (Wildman–Crippen LogP) is 4.90. The molecule has 2 nitrogen and oxygen atoms in total. The number of benzene rings is 2. The SMILES string of the molecule is O=C(O)/C=C/c1cccc(-c2cccc(Cl)c2Cl)c1F. The van der Waals surface area contributed by atoms with Gasteiger partial charge in [0.1, 0.15) is 5.82 Å². The quantitative estimate of drug-likeness (QED) is 0.819. The molecule has 0 radical (unpaired) electrons. The Bertz CT molecular complexity index is 696. The first kappa shape index (κ1) is 14.6. The van der Waals surface area contributed by atoms with E-state index in [1.54, 1.807) is 30.3 Å². The Labute approximate surface area is 125 Å². The van der Waals surface area contributed by atoms with Crippen LogP contribution in [0.3, 0.4) is 0 Å². The summed E-state index contributed by atoms with van der Waals surface area (Å²) in [5.74, 6) is -1.69. The van der Waals surface area contributed by atoms with Crippen molar-refractivity contribution >= 4 is 35.2 Å². The van der Waals surface area contributed by atoms with Crippen LogP contribution in [0.15, 0.2) is 42.5 Å². The van der Waals surface area contributed by atoms with Crippen molar-refractivity contribution in [1.82, 2.24) is 0 Å². The maximum absolute atomic E-state index is 14.4. The smallest absolute Gasteiger partial charge is 0.328 e. The number of carbonyl (C=O) groups is 1. The third-order valence-electron chi connectivity index (χ3n) is 2.68. The highest BCUT2D eigenvalue weighted by molar-refractivity contribution is 6.43. The van der Waals surface area contributed by atoms with Gasteiger partial charge in [-0.25, -0.2) is 9.18 Å². The number of hydrogen-bond acceptors (Lipinski definition) is 1. The van der Waals surface area contributed by atoms with Crippen LogP contribution >= 0.6 is 23.2 Å². The molecule has 1 N–H and O–H groups in total. The average Bonchev–Trinajstić information content (AvgIpc) is 2.41. The van der Waals surface area contributed by atoms with E-state index in [-0.39, 0.29) is 16.1 Å². The fourth-order valence-corrected chi connectivity index (χ4v) is 2.16. The van der Waals surface area contributed by atoms with Gasteiger partial charge in [0.05, 0.1) is 10.0 Å². The molecular weight excluding hydrogens is 302 g/mol. The van der Waals surface area contributed by atoms with Crippen LogP contribution < -0.4 is 0 Å². The van der Waals surface area contributed by atoms with Gasteiger partial charge in [0, 0.05) is 22.8 Å². The lowest BCUT2D eigenvalue weighted by Gasteiger charge is -2.09. The van der Waals surface area contributed by atoms with E-state index in [0.717, 1.165) is 6.08 Å². The number of rotatable bonds is 3. The molecule has 2 aromatic carbocycles. The molecule has 2 aromatic rings. The lowest BCUT2D eigenvalue weighted by atomic mass is 10.0. The van der Waals surface area contributed by atoms with E-state index in [4.69, 9.17) is 28.3 Å². The highest BCUT2D eigenvalue weighted by Gasteiger charge is 2.13. The van der Waals surface area contributed by atoms with Gasteiger partial charge in [-0.1, -0.05) is 53.5 Å². The second kappa shape index (κ2) is 6.07. The van der Waals surface area contributed by atoms with Crippen LogP contribution in [0.1, 0.15) is 5.56 Å². The minimum Gasteiger partial charge on any atom is -0.478 e. The van der Waals surface area contributed by atoms with Gasteiger partial charge in [-0.2, -0.15) is 0 Å². The number of aliphatic carboxylic acids is 1. The van der Waals surface area contributed by atoms with E-state index < -0.39 is 11.8 Å². The first-order valence-corrected chi connectivity index (χ1v) is 6.40. The molecule has 0 aliphatic rings. The van der Waals surface area contributed by atoms with Gasteiger partial charge in [-0.15, -0.1) is 0 Å². The van der Waals surface area contributed by atoms with E-state index in [1.807, 2.05) is 0 Å². The monoisotopic (exact) mass is 310 g/mol. The molecule has 0 saturated carbocycles. The van der Waals surface area contributed by atoms with E-state index in [9.17, 15) is 9.18 Å². The highest BCUT2D eigenvalue weighted by atomic mass is 35.5. The zero-order valence-electron chi connectivity index (χ0n) is 10.1. The zero-order valence-corrected chi connectivity index (χ0v) is 11.6. The lowest BCUT2D eigenvalue weighted by Crippen LogP contribution is -1.91. The van der Waals surface area contributed by atoms with Crippen molar-refractivity contribution in [3.05, 3.63) is 63.9 Å². The Morgan fingerprint density at radius 1 is 1.10 bits per heavy atom. The number of hydrogen-bond donors (Lipinski definition) is 1. The largest absolute Gasteiger partial charge is 0.478 e. The zero-order chi connectivity index (χ0) is 14.7. The molecule has 0 bridgehead atoms. The van der Waals surface area contributed by atoms with Crippen LogP contribution in [-0.2, 0) is 4.79 Å². The van der Waals surface area contributed by atoms with Gasteiger partial charge in [0.25, 0.3) is 0 Å². The van der Waals surface area contributed by atoms with Gasteiger partial charge in [0.15, 0.2) is 0 Å². The summed E-state index contributed by atoms with van der Waals surface area (Å²) in [4.78, 5) is 10.5. The molecule has 0 amide bonds. The third-order valence-corrected chi connectivity index (χ3v) is 3.49. The maximum Gasteiger partial charge on any atom is 0.328 e. The minimum atomic E-state index is -1.14.